The van der Waals surface area contributed by atoms with Gasteiger partial charge in [-0.15, -0.1) is 0 Å². The number of para-hydroxylation sites is 1. The first-order valence-corrected chi connectivity index (χ1v) is 6.44. The topological polar surface area (TPSA) is 76.9 Å². The summed E-state index contributed by atoms with van der Waals surface area (Å²) in [6, 6.07) is 5.78. The normalized spacial score (nSPS) is 10.6. The zero-order chi connectivity index (χ0) is 15.7. The van der Waals surface area contributed by atoms with Crippen LogP contribution in [-0.4, -0.2) is 20.4 Å². The molecule has 3 rings (SSSR count). The second-order valence-corrected chi connectivity index (χ2v) is 4.65. The lowest BCUT2D eigenvalue weighted by Gasteiger charge is -2.09. The highest BCUT2D eigenvalue weighted by Gasteiger charge is 2.16. The van der Waals surface area contributed by atoms with E-state index in [0.717, 1.165) is 0 Å². The second kappa shape index (κ2) is 5.36. The summed E-state index contributed by atoms with van der Waals surface area (Å²) in [5.74, 6) is -1.07. The van der Waals surface area contributed by atoms with Crippen LogP contribution in [0.2, 0.25) is 0 Å². The van der Waals surface area contributed by atoms with Crippen LogP contribution in [0.15, 0.2) is 47.7 Å². The summed E-state index contributed by atoms with van der Waals surface area (Å²) in [5, 5.41) is 2.58. The summed E-state index contributed by atoms with van der Waals surface area (Å²) in [6.07, 6.45) is 4.24. The number of halogens is 1. The van der Waals surface area contributed by atoms with Crippen molar-refractivity contribution < 1.29 is 9.18 Å². The van der Waals surface area contributed by atoms with Crippen molar-refractivity contribution >= 4 is 22.8 Å². The molecule has 0 aliphatic carbocycles. The molecule has 22 heavy (non-hydrogen) atoms. The van der Waals surface area contributed by atoms with E-state index in [0.29, 0.717) is 0 Å². The van der Waals surface area contributed by atoms with Crippen LogP contribution in [0.4, 0.5) is 10.3 Å². The summed E-state index contributed by atoms with van der Waals surface area (Å²) in [7, 11) is 1.57. The number of hydrogen-bond donors (Lipinski definition) is 1. The summed E-state index contributed by atoms with van der Waals surface area (Å²) >= 11 is 0. The maximum Gasteiger partial charge on any atom is 0.263 e. The first kappa shape index (κ1) is 13.9. The van der Waals surface area contributed by atoms with Crippen LogP contribution in [0.3, 0.4) is 0 Å². The molecule has 0 aliphatic heterocycles. The molecule has 2 aromatic heterocycles. The van der Waals surface area contributed by atoms with E-state index in [2.05, 4.69) is 15.3 Å². The van der Waals surface area contributed by atoms with E-state index in [4.69, 9.17) is 0 Å². The molecule has 0 saturated heterocycles. The predicted molar refractivity (Wildman–Crippen MR) is 79.1 cm³/mol. The quantitative estimate of drug-likeness (QED) is 0.781. The summed E-state index contributed by atoms with van der Waals surface area (Å²) in [4.78, 5) is 32.3. The lowest BCUT2D eigenvalue weighted by molar-refractivity contribution is 0.102. The SMILES string of the molecule is Cn1cc(C(=O)Nc2ncccn2)c(=O)c2cccc(F)c21. The molecule has 0 bridgehead atoms. The third-order valence-corrected chi connectivity index (χ3v) is 3.19. The number of carbonyl (C=O) groups excluding carboxylic acids is 1. The zero-order valence-electron chi connectivity index (χ0n) is 11.6. The Morgan fingerprint density at radius 1 is 1.23 bits per heavy atom. The van der Waals surface area contributed by atoms with Crippen molar-refractivity contribution in [2.24, 2.45) is 7.05 Å². The van der Waals surface area contributed by atoms with Crippen molar-refractivity contribution in [1.82, 2.24) is 14.5 Å². The third kappa shape index (κ3) is 2.32. The number of aromatic nitrogens is 3. The number of benzene rings is 1. The molecule has 0 unspecified atom stereocenters. The van der Waals surface area contributed by atoms with Gasteiger partial charge in [0.05, 0.1) is 5.52 Å². The first-order chi connectivity index (χ1) is 10.6. The van der Waals surface area contributed by atoms with E-state index >= 15 is 0 Å². The van der Waals surface area contributed by atoms with Gasteiger partial charge in [0.1, 0.15) is 11.4 Å². The van der Waals surface area contributed by atoms with Gasteiger partial charge in [-0.2, -0.15) is 0 Å². The van der Waals surface area contributed by atoms with Gasteiger partial charge in [0.15, 0.2) is 0 Å². The number of nitrogens with one attached hydrogen (secondary N) is 1. The highest BCUT2D eigenvalue weighted by molar-refractivity contribution is 6.04. The van der Waals surface area contributed by atoms with Crippen LogP contribution in [0, 0.1) is 5.82 Å². The zero-order valence-corrected chi connectivity index (χ0v) is 11.6. The molecule has 0 spiro atoms. The number of anilines is 1. The highest BCUT2D eigenvalue weighted by atomic mass is 19.1. The number of fused-ring (bicyclic) bond motifs is 1. The molecule has 1 N–H and O–H groups in total. The van der Waals surface area contributed by atoms with Crippen molar-refractivity contribution in [3.8, 4) is 0 Å². The first-order valence-electron chi connectivity index (χ1n) is 6.44. The van der Waals surface area contributed by atoms with E-state index < -0.39 is 17.2 Å². The number of hydrogen-bond acceptors (Lipinski definition) is 4. The van der Waals surface area contributed by atoms with Crippen molar-refractivity contribution in [1.29, 1.82) is 0 Å². The van der Waals surface area contributed by atoms with Crippen molar-refractivity contribution in [2.75, 3.05) is 5.32 Å². The third-order valence-electron chi connectivity index (χ3n) is 3.19. The Balaban J connectivity index is 2.10. The Kier molecular flexibility index (Phi) is 3.38. The van der Waals surface area contributed by atoms with E-state index in [9.17, 15) is 14.0 Å². The van der Waals surface area contributed by atoms with Crippen LogP contribution in [-0.2, 0) is 7.05 Å². The highest BCUT2D eigenvalue weighted by Crippen LogP contribution is 2.15. The van der Waals surface area contributed by atoms with E-state index in [1.807, 2.05) is 0 Å². The Morgan fingerprint density at radius 2 is 1.95 bits per heavy atom. The Bertz CT molecular complexity index is 922. The van der Waals surface area contributed by atoms with Gasteiger partial charge in [0.25, 0.3) is 5.91 Å². The number of pyridine rings is 1. The second-order valence-electron chi connectivity index (χ2n) is 4.65. The average molecular weight is 298 g/mol. The molecule has 0 saturated carbocycles. The molecule has 0 fully saturated rings. The summed E-state index contributed by atoms with van der Waals surface area (Å²) < 4.78 is 15.2. The molecular weight excluding hydrogens is 287 g/mol. The van der Waals surface area contributed by atoms with Gasteiger partial charge < -0.3 is 4.57 Å². The Morgan fingerprint density at radius 3 is 2.68 bits per heavy atom. The number of nitrogens with zero attached hydrogens (tertiary/aromatic N) is 3. The smallest absolute Gasteiger partial charge is 0.263 e. The molecule has 0 radical (unpaired) electrons. The number of aryl methyl sites for hydroxylation is 1. The fraction of sp³-hybridized carbons (Fsp3) is 0.0667. The molecular formula is C15H11FN4O2. The lowest BCUT2D eigenvalue weighted by Crippen LogP contribution is -2.24. The number of amides is 1. The molecule has 110 valence electrons. The monoisotopic (exact) mass is 298 g/mol. The van der Waals surface area contributed by atoms with Gasteiger partial charge in [-0.3, -0.25) is 14.9 Å². The van der Waals surface area contributed by atoms with Crippen LogP contribution >= 0.6 is 0 Å². The molecule has 1 amide bonds. The Hall–Kier alpha value is -3.09. The van der Waals surface area contributed by atoms with Crippen molar-refractivity contribution in [2.45, 2.75) is 0 Å². The van der Waals surface area contributed by atoms with E-state index in [-0.39, 0.29) is 22.4 Å². The maximum atomic E-state index is 13.8. The van der Waals surface area contributed by atoms with Gasteiger partial charge in [0, 0.05) is 31.0 Å². The van der Waals surface area contributed by atoms with Gasteiger partial charge in [-0.1, -0.05) is 6.07 Å². The average Bonchev–Trinajstić information content (AvgIpc) is 2.51. The summed E-state index contributed by atoms with van der Waals surface area (Å²) in [5.41, 5.74) is -0.492. The molecule has 3 aromatic rings. The molecule has 2 heterocycles. The standard InChI is InChI=1S/C15H11FN4O2/c1-20-8-10(14(22)19-15-17-6-3-7-18-15)13(21)9-4-2-5-11(16)12(9)20/h2-8H,1H3,(H,17,18,19,22). The van der Waals surface area contributed by atoms with Crippen LogP contribution < -0.4 is 10.7 Å². The van der Waals surface area contributed by atoms with Crippen LogP contribution in [0.25, 0.3) is 10.9 Å². The molecule has 0 aliphatic rings. The van der Waals surface area contributed by atoms with E-state index in [1.165, 1.54) is 41.4 Å². The maximum absolute atomic E-state index is 13.8. The Labute approximate surface area is 124 Å². The fourth-order valence-electron chi connectivity index (χ4n) is 2.21. The van der Waals surface area contributed by atoms with Crippen LogP contribution in [0.1, 0.15) is 10.4 Å². The van der Waals surface area contributed by atoms with Crippen molar-refractivity contribution in [3.63, 3.8) is 0 Å². The number of rotatable bonds is 2. The molecule has 1 aromatic carbocycles. The minimum absolute atomic E-state index is 0.0916. The minimum atomic E-state index is -0.641. The van der Waals surface area contributed by atoms with Gasteiger partial charge in [0.2, 0.25) is 11.4 Å². The molecule has 0 atom stereocenters. The van der Waals surface area contributed by atoms with Gasteiger partial charge in [-0.05, 0) is 18.2 Å². The largest absolute Gasteiger partial charge is 0.347 e. The van der Waals surface area contributed by atoms with Gasteiger partial charge >= 0.3 is 0 Å². The molecule has 6 nitrogen and oxygen atoms in total. The van der Waals surface area contributed by atoms with Crippen molar-refractivity contribution in [3.05, 3.63) is 64.5 Å². The predicted octanol–water partition coefficient (Wildman–Crippen LogP) is 1.72. The van der Waals surface area contributed by atoms with E-state index in [1.54, 1.807) is 13.1 Å². The lowest BCUT2D eigenvalue weighted by atomic mass is 10.1. The van der Waals surface area contributed by atoms with Gasteiger partial charge in [-0.25, -0.2) is 14.4 Å². The minimum Gasteiger partial charge on any atom is -0.347 e. The number of carbonyl (C=O) groups is 1. The summed E-state index contributed by atoms with van der Waals surface area (Å²) in [6.45, 7) is 0. The molecule has 7 heteroatoms. The van der Waals surface area contributed by atoms with Crippen LogP contribution in [0.5, 0.6) is 0 Å². The fourth-order valence-corrected chi connectivity index (χ4v) is 2.21.